The summed E-state index contributed by atoms with van der Waals surface area (Å²) in [6.45, 7) is 3.65. The molecule has 96 valence electrons. The fourth-order valence-electron chi connectivity index (χ4n) is 1.65. The largest absolute Gasteiger partial charge is 0.444 e. The number of aromatic nitrogens is 2. The molecule has 0 saturated carbocycles. The lowest BCUT2D eigenvalue weighted by Crippen LogP contribution is -2.28. The fraction of sp³-hybridized carbons (Fsp3) is 0.333. The van der Waals surface area contributed by atoms with Crippen molar-refractivity contribution >= 4 is 21.8 Å². The van der Waals surface area contributed by atoms with Crippen molar-refractivity contribution in [2.24, 2.45) is 7.05 Å². The molecule has 1 amide bonds. The number of hydrogen-bond donors (Lipinski definition) is 1. The molecule has 2 rings (SSSR count). The molecule has 0 radical (unpaired) electrons. The van der Waals surface area contributed by atoms with Gasteiger partial charge in [0.15, 0.2) is 0 Å². The highest BCUT2D eigenvalue weighted by atomic mass is 79.9. The van der Waals surface area contributed by atoms with E-state index in [0.717, 1.165) is 10.2 Å². The number of carbonyl (C=O) groups excluding carboxylic acids is 1. The Kier molecular flexibility index (Phi) is 3.56. The summed E-state index contributed by atoms with van der Waals surface area (Å²) < 4.78 is 8.00. The third kappa shape index (κ3) is 2.64. The van der Waals surface area contributed by atoms with Crippen molar-refractivity contribution in [2.45, 2.75) is 19.9 Å². The molecule has 6 heteroatoms. The molecule has 1 unspecified atom stereocenters. The van der Waals surface area contributed by atoms with Crippen molar-refractivity contribution in [3.05, 3.63) is 40.3 Å². The molecule has 0 aliphatic rings. The summed E-state index contributed by atoms with van der Waals surface area (Å²) in [6, 6.07) is 1.50. The first-order valence-electron chi connectivity index (χ1n) is 5.52. The van der Waals surface area contributed by atoms with Gasteiger partial charge in [-0.05, 0) is 35.8 Å². The predicted octanol–water partition coefficient (Wildman–Crippen LogP) is 2.58. The number of nitrogens with one attached hydrogen (secondary N) is 1. The summed E-state index contributed by atoms with van der Waals surface area (Å²) in [5.74, 6) is 1.08. The molecular formula is C12H14BrN3O2. The molecule has 2 heterocycles. The van der Waals surface area contributed by atoms with E-state index in [0.29, 0.717) is 11.6 Å². The van der Waals surface area contributed by atoms with Gasteiger partial charge in [-0.25, -0.2) is 4.98 Å². The highest BCUT2D eigenvalue weighted by Crippen LogP contribution is 2.16. The summed E-state index contributed by atoms with van der Waals surface area (Å²) in [5, 5.41) is 2.84. The molecule has 1 atom stereocenters. The number of aryl methyl sites for hydroxylation is 2. The van der Waals surface area contributed by atoms with Crippen molar-refractivity contribution < 1.29 is 9.21 Å². The molecular weight excluding hydrogens is 298 g/mol. The van der Waals surface area contributed by atoms with Gasteiger partial charge in [-0.2, -0.15) is 0 Å². The van der Waals surface area contributed by atoms with Gasteiger partial charge in [-0.1, -0.05) is 0 Å². The first-order chi connectivity index (χ1) is 8.47. The predicted molar refractivity (Wildman–Crippen MR) is 70.2 cm³/mol. The van der Waals surface area contributed by atoms with E-state index in [9.17, 15) is 4.79 Å². The van der Waals surface area contributed by atoms with Crippen molar-refractivity contribution in [1.29, 1.82) is 0 Å². The Morgan fingerprint density at radius 2 is 2.33 bits per heavy atom. The van der Waals surface area contributed by atoms with Gasteiger partial charge in [-0.15, -0.1) is 0 Å². The molecule has 0 fully saturated rings. The molecule has 2 aromatic rings. The molecule has 18 heavy (non-hydrogen) atoms. The van der Waals surface area contributed by atoms with Gasteiger partial charge in [0.25, 0.3) is 5.91 Å². The van der Waals surface area contributed by atoms with Crippen molar-refractivity contribution in [3.63, 3.8) is 0 Å². The molecule has 0 spiro atoms. The molecule has 0 aromatic carbocycles. The Bertz CT molecular complexity index is 574. The SMILES string of the molecule is Cc1cnc(C(C)NC(=O)c2cc(Br)cn2C)o1. The maximum atomic E-state index is 12.0. The Balaban J connectivity index is 2.10. The summed E-state index contributed by atoms with van der Waals surface area (Å²) in [6.07, 6.45) is 3.46. The second-order valence-electron chi connectivity index (χ2n) is 4.16. The monoisotopic (exact) mass is 311 g/mol. The van der Waals surface area contributed by atoms with Crippen LogP contribution in [0.4, 0.5) is 0 Å². The van der Waals surface area contributed by atoms with Crippen LogP contribution in [0.25, 0.3) is 0 Å². The Labute approximate surface area is 113 Å². The van der Waals surface area contributed by atoms with Gasteiger partial charge in [0.1, 0.15) is 17.5 Å². The third-order valence-corrected chi connectivity index (χ3v) is 3.00. The van der Waals surface area contributed by atoms with Crippen LogP contribution in [-0.2, 0) is 7.05 Å². The zero-order chi connectivity index (χ0) is 13.3. The number of oxazole rings is 1. The van der Waals surface area contributed by atoms with E-state index in [4.69, 9.17) is 4.42 Å². The normalized spacial score (nSPS) is 12.4. The van der Waals surface area contributed by atoms with Crippen LogP contribution in [0.2, 0.25) is 0 Å². The highest BCUT2D eigenvalue weighted by Gasteiger charge is 2.17. The van der Waals surface area contributed by atoms with Gasteiger partial charge in [0.05, 0.1) is 6.20 Å². The van der Waals surface area contributed by atoms with E-state index in [1.54, 1.807) is 16.8 Å². The Morgan fingerprint density at radius 1 is 1.61 bits per heavy atom. The lowest BCUT2D eigenvalue weighted by Gasteiger charge is -2.10. The van der Waals surface area contributed by atoms with Crippen LogP contribution in [-0.4, -0.2) is 15.5 Å². The number of rotatable bonds is 3. The average molecular weight is 312 g/mol. The van der Waals surface area contributed by atoms with Crippen LogP contribution >= 0.6 is 15.9 Å². The molecule has 2 aromatic heterocycles. The van der Waals surface area contributed by atoms with Crippen LogP contribution in [0.15, 0.2) is 27.3 Å². The molecule has 1 N–H and O–H groups in total. The Morgan fingerprint density at radius 3 is 2.83 bits per heavy atom. The minimum Gasteiger partial charge on any atom is -0.444 e. The van der Waals surface area contributed by atoms with Crippen molar-refractivity contribution in [2.75, 3.05) is 0 Å². The number of hydrogen-bond acceptors (Lipinski definition) is 3. The van der Waals surface area contributed by atoms with Gasteiger partial charge in [0, 0.05) is 17.7 Å². The van der Waals surface area contributed by atoms with Crippen LogP contribution in [0.3, 0.4) is 0 Å². The van der Waals surface area contributed by atoms with Gasteiger partial charge < -0.3 is 14.3 Å². The van der Waals surface area contributed by atoms with Crippen molar-refractivity contribution in [1.82, 2.24) is 14.9 Å². The molecule has 0 saturated heterocycles. The summed E-state index contributed by atoms with van der Waals surface area (Å²) in [5.41, 5.74) is 0.581. The van der Waals surface area contributed by atoms with Crippen LogP contribution in [0.1, 0.15) is 35.1 Å². The van der Waals surface area contributed by atoms with E-state index >= 15 is 0 Å². The van der Waals surface area contributed by atoms with Crippen LogP contribution in [0, 0.1) is 6.92 Å². The lowest BCUT2D eigenvalue weighted by atomic mass is 10.3. The average Bonchev–Trinajstić information content (AvgIpc) is 2.84. The zero-order valence-corrected chi connectivity index (χ0v) is 12.0. The smallest absolute Gasteiger partial charge is 0.268 e. The summed E-state index contributed by atoms with van der Waals surface area (Å²) >= 11 is 3.33. The van der Waals surface area contributed by atoms with Crippen LogP contribution < -0.4 is 5.32 Å². The van der Waals surface area contributed by atoms with Gasteiger partial charge in [-0.3, -0.25) is 4.79 Å². The van der Waals surface area contributed by atoms with E-state index in [1.165, 1.54) is 0 Å². The van der Waals surface area contributed by atoms with E-state index in [2.05, 4.69) is 26.2 Å². The molecule has 0 aliphatic carbocycles. The highest BCUT2D eigenvalue weighted by molar-refractivity contribution is 9.10. The lowest BCUT2D eigenvalue weighted by molar-refractivity contribution is 0.0925. The fourth-order valence-corrected chi connectivity index (χ4v) is 2.18. The summed E-state index contributed by atoms with van der Waals surface area (Å²) in [4.78, 5) is 16.1. The van der Waals surface area contributed by atoms with Gasteiger partial charge >= 0.3 is 0 Å². The first kappa shape index (κ1) is 12.9. The Hall–Kier alpha value is -1.56. The number of amides is 1. The molecule has 0 bridgehead atoms. The van der Waals surface area contributed by atoms with E-state index in [1.807, 2.05) is 27.1 Å². The topological polar surface area (TPSA) is 60.1 Å². The number of carbonyl (C=O) groups is 1. The van der Waals surface area contributed by atoms with E-state index < -0.39 is 0 Å². The molecule has 0 aliphatic heterocycles. The second kappa shape index (κ2) is 4.97. The standard InChI is InChI=1S/C12H14BrN3O2/c1-7-5-14-12(18-7)8(2)15-11(17)10-4-9(13)6-16(10)3/h4-6,8H,1-3H3,(H,15,17). The number of nitrogens with zero attached hydrogens (tertiary/aromatic N) is 2. The second-order valence-corrected chi connectivity index (χ2v) is 5.07. The number of halogens is 1. The summed E-state index contributed by atoms with van der Waals surface area (Å²) in [7, 11) is 1.82. The molecule has 5 nitrogen and oxygen atoms in total. The minimum absolute atomic E-state index is 0.161. The van der Waals surface area contributed by atoms with Crippen LogP contribution in [0.5, 0.6) is 0 Å². The van der Waals surface area contributed by atoms with Crippen molar-refractivity contribution in [3.8, 4) is 0 Å². The third-order valence-electron chi connectivity index (χ3n) is 2.56. The quantitative estimate of drug-likeness (QED) is 0.947. The maximum Gasteiger partial charge on any atom is 0.268 e. The zero-order valence-electron chi connectivity index (χ0n) is 10.4. The van der Waals surface area contributed by atoms with E-state index in [-0.39, 0.29) is 11.9 Å². The maximum absolute atomic E-state index is 12.0. The van der Waals surface area contributed by atoms with Gasteiger partial charge in [0.2, 0.25) is 5.89 Å². The minimum atomic E-state index is -0.264. The first-order valence-corrected chi connectivity index (χ1v) is 6.31.